The number of aromatic nitrogens is 1. The summed E-state index contributed by atoms with van der Waals surface area (Å²) in [6.45, 7) is 5.16. The molecule has 0 radical (unpaired) electrons. The van der Waals surface area contributed by atoms with Crippen molar-refractivity contribution in [2.45, 2.75) is 82.4 Å². The summed E-state index contributed by atoms with van der Waals surface area (Å²) in [5.74, 6) is -1.19. The number of aliphatic carboxylic acids is 1. The Bertz CT molecular complexity index is 1410. The van der Waals surface area contributed by atoms with Crippen LogP contribution in [0.25, 0.3) is 0 Å². The zero-order valence-electron chi connectivity index (χ0n) is 25.5. The highest BCUT2D eigenvalue weighted by molar-refractivity contribution is 7.89. The summed E-state index contributed by atoms with van der Waals surface area (Å²) < 4.78 is 34.2. The summed E-state index contributed by atoms with van der Waals surface area (Å²) in [7, 11) is -4.17. The van der Waals surface area contributed by atoms with Crippen LogP contribution in [0.15, 0.2) is 41.4 Å². The molecule has 2 amide bonds. The number of anilines is 1. The van der Waals surface area contributed by atoms with Crippen molar-refractivity contribution in [2.75, 3.05) is 31.6 Å². The maximum atomic E-state index is 13.5. The van der Waals surface area contributed by atoms with Crippen LogP contribution in [0.4, 0.5) is 5.82 Å². The molecule has 4 rings (SSSR count). The number of carbonyl (C=O) groups is 3. The first-order valence-corrected chi connectivity index (χ1v) is 16.6. The SMILES string of the molecule is Cc1cc(C)c(S(=O)(=O)N[C@@H](CNC(=O)CO[C@@H]2C[C@@H](CNc3ccccn3)N(C(=O)C3CCCCC3)C2)C(=O)O)c(C)c1. The summed E-state index contributed by atoms with van der Waals surface area (Å²) in [6.07, 6.45) is 6.81. The molecule has 1 aromatic heterocycles. The van der Waals surface area contributed by atoms with Crippen molar-refractivity contribution < 1.29 is 32.6 Å². The van der Waals surface area contributed by atoms with Crippen LogP contribution < -0.4 is 15.4 Å². The van der Waals surface area contributed by atoms with Gasteiger partial charge < -0.3 is 25.4 Å². The lowest BCUT2D eigenvalue weighted by Crippen LogP contribution is -2.49. The van der Waals surface area contributed by atoms with E-state index in [1.807, 2.05) is 30.0 Å². The number of carboxylic acids is 1. The molecule has 0 spiro atoms. The van der Waals surface area contributed by atoms with E-state index in [2.05, 4.69) is 20.3 Å². The molecule has 1 saturated heterocycles. The Hall–Kier alpha value is -3.55. The first-order chi connectivity index (χ1) is 20.9. The number of benzene rings is 1. The van der Waals surface area contributed by atoms with Gasteiger partial charge in [-0.1, -0.05) is 43.0 Å². The lowest BCUT2D eigenvalue weighted by atomic mass is 9.88. The minimum Gasteiger partial charge on any atom is -0.480 e. The van der Waals surface area contributed by atoms with Gasteiger partial charge in [0.15, 0.2) is 0 Å². The van der Waals surface area contributed by atoms with Crippen LogP contribution in [0.1, 0.15) is 55.2 Å². The van der Waals surface area contributed by atoms with Crippen molar-refractivity contribution in [3.8, 4) is 0 Å². The number of likely N-dealkylation sites (tertiary alicyclic amines) is 1. The topological polar surface area (TPSA) is 167 Å². The largest absolute Gasteiger partial charge is 0.480 e. The normalized spacial score (nSPS) is 19.8. The van der Waals surface area contributed by atoms with E-state index in [4.69, 9.17) is 4.74 Å². The van der Waals surface area contributed by atoms with E-state index in [9.17, 15) is 27.9 Å². The Kier molecular flexibility index (Phi) is 11.3. The summed E-state index contributed by atoms with van der Waals surface area (Å²) in [5, 5.41) is 15.4. The van der Waals surface area contributed by atoms with Crippen LogP contribution in [-0.2, 0) is 29.1 Å². The second-order valence-electron chi connectivity index (χ2n) is 11.8. The minimum atomic E-state index is -4.17. The number of nitrogens with zero attached hydrogens (tertiary/aromatic N) is 2. The molecule has 13 heteroatoms. The van der Waals surface area contributed by atoms with Gasteiger partial charge in [-0.15, -0.1) is 0 Å². The molecule has 1 aliphatic carbocycles. The van der Waals surface area contributed by atoms with E-state index in [1.54, 1.807) is 32.2 Å². The average Bonchev–Trinajstić information content (AvgIpc) is 3.40. The van der Waals surface area contributed by atoms with Crippen molar-refractivity contribution in [1.29, 1.82) is 0 Å². The predicted octanol–water partition coefficient (Wildman–Crippen LogP) is 2.53. The Morgan fingerprint density at radius 2 is 1.80 bits per heavy atom. The Morgan fingerprint density at radius 1 is 1.09 bits per heavy atom. The molecule has 4 N–H and O–H groups in total. The number of carbonyl (C=O) groups excluding carboxylic acids is 2. The Labute approximate surface area is 259 Å². The number of hydrogen-bond donors (Lipinski definition) is 4. The zero-order valence-corrected chi connectivity index (χ0v) is 26.4. The van der Waals surface area contributed by atoms with E-state index in [-0.39, 0.29) is 35.5 Å². The van der Waals surface area contributed by atoms with E-state index in [0.717, 1.165) is 37.7 Å². The van der Waals surface area contributed by atoms with E-state index < -0.39 is 34.5 Å². The molecule has 1 saturated carbocycles. The predicted molar refractivity (Wildman–Crippen MR) is 165 cm³/mol. The maximum Gasteiger partial charge on any atom is 0.323 e. The van der Waals surface area contributed by atoms with E-state index >= 15 is 0 Å². The smallest absolute Gasteiger partial charge is 0.323 e. The number of carboxylic acid groups (broad SMARTS) is 1. The third-order valence-electron chi connectivity index (χ3n) is 8.22. The first kappa shape index (κ1) is 33.3. The van der Waals surface area contributed by atoms with Crippen LogP contribution in [0.2, 0.25) is 0 Å². The van der Waals surface area contributed by atoms with E-state index in [0.29, 0.717) is 36.5 Å². The summed E-state index contributed by atoms with van der Waals surface area (Å²) in [5.41, 5.74) is 1.89. The van der Waals surface area contributed by atoms with Gasteiger partial charge in [0.25, 0.3) is 0 Å². The highest BCUT2D eigenvalue weighted by Crippen LogP contribution is 2.30. The molecule has 2 fully saturated rings. The molecule has 2 aromatic rings. The molecular weight excluding hydrogens is 586 g/mol. The fourth-order valence-corrected chi connectivity index (χ4v) is 7.85. The van der Waals surface area contributed by atoms with Crippen molar-refractivity contribution >= 4 is 33.6 Å². The summed E-state index contributed by atoms with van der Waals surface area (Å²) >= 11 is 0. The third kappa shape index (κ3) is 8.76. The number of nitrogens with one attached hydrogen (secondary N) is 3. The molecule has 1 aliphatic heterocycles. The molecule has 44 heavy (non-hydrogen) atoms. The fraction of sp³-hybridized carbons (Fsp3) is 0.548. The number of aryl methyl sites for hydroxylation is 3. The van der Waals surface area contributed by atoms with Gasteiger partial charge in [-0.05, 0) is 63.3 Å². The van der Waals surface area contributed by atoms with Gasteiger partial charge in [-0.25, -0.2) is 13.4 Å². The standard InChI is InChI=1S/C31H43N5O7S/c1-20-13-21(2)29(22(3)14-20)44(41,42)35-26(31(39)40)17-34-28(37)19-43-25-15-24(16-33-27-11-7-8-12-32-27)36(18-25)30(38)23-9-5-4-6-10-23/h7-8,11-14,23-26,35H,4-6,9-10,15-19H2,1-3H3,(H,32,33)(H,34,37)(H,39,40)/t24-,25+,26-/m0/s1. The Morgan fingerprint density at radius 3 is 2.43 bits per heavy atom. The Balaban J connectivity index is 1.32. The molecule has 2 heterocycles. The van der Waals surface area contributed by atoms with Gasteiger partial charge in [0.2, 0.25) is 21.8 Å². The number of sulfonamides is 1. The van der Waals surface area contributed by atoms with Crippen LogP contribution in [-0.4, -0.2) is 85.6 Å². The average molecular weight is 630 g/mol. The quantitative estimate of drug-likeness (QED) is 0.260. The molecule has 12 nitrogen and oxygen atoms in total. The lowest BCUT2D eigenvalue weighted by molar-refractivity contribution is -0.139. The third-order valence-corrected chi connectivity index (χ3v) is 10.00. The van der Waals surface area contributed by atoms with Crippen molar-refractivity contribution in [1.82, 2.24) is 19.9 Å². The minimum absolute atomic E-state index is 0.00707. The highest BCUT2D eigenvalue weighted by Gasteiger charge is 2.39. The fourth-order valence-electron chi connectivity index (χ4n) is 6.21. The maximum absolute atomic E-state index is 13.5. The van der Waals surface area contributed by atoms with E-state index in [1.165, 1.54) is 0 Å². The number of pyridine rings is 1. The number of rotatable bonds is 13. The molecule has 3 atom stereocenters. The molecular formula is C31H43N5O7S. The van der Waals surface area contributed by atoms with Crippen molar-refractivity contribution in [2.24, 2.45) is 5.92 Å². The monoisotopic (exact) mass is 629 g/mol. The van der Waals surface area contributed by atoms with Crippen LogP contribution in [0.3, 0.4) is 0 Å². The molecule has 2 aliphatic rings. The van der Waals surface area contributed by atoms with Gasteiger partial charge >= 0.3 is 5.97 Å². The molecule has 0 unspecified atom stereocenters. The lowest BCUT2D eigenvalue weighted by Gasteiger charge is -2.30. The van der Waals surface area contributed by atoms with Gasteiger partial charge in [0, 0.05) is 31.7 Å². The highest BCUT2D eigenvalue weighted by atomic mass is 32.2. The van der Waals surface area contributed by atoms with Gasteiger partial charge in [-0.3, -0.25) is 14.4 Å². The molecule has 240 valence electrons. The van der Waals surface area contributed by atoms with Gasteiger partial charge in [0.05, 0.1) is 17.0 Å². The second-order valence-corrected chi connectivity index (χ2v) is 13.4. The number of hydrogen-bond acceptors (Lipinski definition) is 8. The molecule has 1 aromatic carbocycles. The van der Waals surface area contributed by atoms with Crippen LogP contribution >= 0.6 is 0 Å². The summed E-state index contributed by atoms with van der Waals surface area (Å²) in [4.78, 5) is 44.2. The number of amides is 2. The van der Waals surface area contributed by atoms with Gasteiger partial charge in [-0.2, -0.15) is 4.72 Å². The first-order valence-electron chi connectivity index (χ1n) is 15.1. The van der Waals surface area contributed by atoms with Gasteiger partial charge in [0.1, 0.15) is 18.5 Å². The second kappa shape index (κ2) is 15.0. The van der Waals surface area contributed by atoms with Crippen molar-refractivity contribution in [3.63, 3.8) is 0 Å². The van der Waals surface area contributed by atoms with Crippen LogP contribution in [0.5, 0.6) is 0 Å². The van der Waals surface area contributed by atoms with Crippen LogP contribution in [0, 0.1) is 26.7 Å². The summed E-state index contributed by atoms with van der Waals surface area (Å²) in [6, 6.07) is 7.26. The number of ether oxygens (including phenoxy) is 1. The van der Waals surface area contributed by atoms with Crippen molar-refractivity contribution in [3.05, 3.63) is 53.2 Å². The molecule has 0 bridgehead atoms. The zero-order chi connectivity index (χ0) is 31.9.